The monoisotopic (exact) mass is 490 g/mol. The summed E-state index contributed by atoms with van der Waals surface area (Å²) in [5, 5.41) is 0.911. The first-order chi connectivity index (χ1) is 16.2. The molecule has 172 valence electrons. The number of carbonyl (C=O) groups excluding carboxylic acids is 2. The second kappa shape index (κ2) is 8.68. The maximum absolute atomic E-state index is 14.1. The van der Waals surface area contributed by atoms with Crippen molar-refractivity contribution in [3.05, 3.63) is 94.0 Å². The molecule has 0 spiro atoms. The van der Waals surface area contributed by atoms with Crippen LogP contribution in [-0.4, -0.2) is 17.4 Å². The number of aliphatic imine (C=N–C) groups is 1. The van der Waals surface area contributed by atoms with Crippen LogP contribution in [0.2, 0.25) is 10.0 Å². The summed E-state index contributed by atoms with van der Waals surface area (Å²) in [5.74, 6) is -0.755. The molecule has 1 aliphatic carbocycles. The topological polar surface area (TPSA) is 49.7 Å². The third-order valence-corrected chi connectivity index (χ3v) is 7.10. The van der Waals surface area contributed by atoms with Gasteiger partial charge in [-0.1, -0.05) is 73.4 Å². The lowest BCUT2D eigenvalue weighted by molar-refractivity contribution is -0.124. The molecule has 2 aliphatic rings. The summed E-state index contributed by atoms with van der Waals surface area (Å²) in [7, 11) is 0. The van der Waals surface area contributed by atoms with Gasteiger partial charge < -0.3 is 0 Å². The third-order valence-electron chi connectivity index (χ3n) is 6.54. The highest BCUT2D eigenvalue weighted by atomic mass is 35.5. The van der Waals surface area contributed by atoms with Crippen molar-refractivity contribution in [2.75, 3.05) is 4.90 Å². The van der Waals surface area contributed by atoms with Gasteiger partial charge in [0.15, 0.2) is 0 Å². The van der Waals surface area contributed by atoms with Gasteiger partial charge in [0.25, 0.3) is 5.91 Å². The van der Waals surface area contributed by atoms with Crippen LogP contribution in [0.1, 0.15) is 48.7 Å². The fourth-order valence-corrected chi connectivity index (χ4v) is 5.65. The van der Waals surface area contributed by atoms with Gasteiger partial charge in [0.1, 0.15) is 5.78 Å². The molecule has 0 saturated heterocycles. The lowest BCUT2D eigenvalue weighted by Crippen LogP contribution is -2.47. The van der Waals surface area contributed by atoms with E-state index in [-0.39, 0.29) is 17.1 Å². The first kappa shape index (κ1) is 22.8. The fraction of sp³-hybridized carbons (Fsp3) is 0.250. The fourth-order valence-electron chi connectivity index (χ4n) is 5.13. The number of carbonyl (C=O) groups is 2. The van der Waals surface area contributed by atoms with Crippen molar-refractivity contribution >= 4 is 52.0 Å². The molecule has 1 heterocycles. The minimum absolute atomic E-state index is 0.0599. The molecule has 2 atom stereocenters. The Kier molecular flexibility index (Phi) is 5.83. The highest BCUT2D eigenvalue weighted by Gasteiger charge is 2.48. The maximum atomic E-state index is 14.1. The van der Waals surface area contributed by atoms with Crippen LogP contribution in [0.15, 0.2) is 77.8 Å². The lowest BCUT2D eigenvalue weighted by atomic mass is 9.68. The van der Waals surface area contributed by atoms with E-state index < -0.39 is 12.0 Å². The van der Waals surface area contributed by atoms with Gasteiger partial charge in [-0.3, -0.25) is 19.5 Å². The second-order valence-electron chi connectivity index (χ2n) is 9.71. The van der Waals surface area contributed by atoms with E-state index in [0.717, 1.165) is 5.71 Å². The summed E-state index contributed by atoms with van der Waals surface area (Å²) in [4.78, 5) is 34.5. The first-order valence-electron chi connectivity index (χ1n) is 11.3. The maximum Gasteiger partial charge on any atom is 0.258 e. The lowest BCUT2D eigenvalue weighted by Gasteiger charge is -2.41. The van der Waals surface area contributed by atoms with Gasteiger partial charge in [-0.25, -0.2) is 0 Å². The zero-order chi connectivity index (χ0) is 24.0. The Bertz CT molecular complexity index is 1320. The molecule has 5 rings (SSSR count). The van der Waals surface area contributed by atoms with E-state index in [2.05, 4.69) is 13.8 Å². The number of benzene rings is 3. The van der Waals surface area contributed by atoms with Crippen molar-refractivity contribution in [2.45, 2.75) is 32.7 Å². The second-order valence-corrected chi connectivity index (χ2v) is 10.5. The van der Waals surface area contributed by atoms with Crippen LogP contribution in [0, 0.1) is 11.3 Å². The van der Waals surface area contributed by atoms with Crippen molar-refractivity contribution < 1.29 is 9.59 Å². The van der Waals surface area contributed by atoms with Crippen LogP contribution in [0.3, 0.4) is 0 Å². The molecule has 1 amide bonds. The number of hydrogen-bond acceptors (Lipinski definition) is 3. The van der Waals surface area contributed by atoms with E-state index in [1.165, 1.54) is 0 Å². The number of ketones is 1. The molecule has 3 aromatic rings. The number of para-hydroxylation sites is 2. The van der Waals surface area contributed by atoms with Gasteiger partial charge in [0, 0.05) is 27.7 Å². The molecule has 4 nitrogen and oxygen atoms in total. The first-order valence-corrected chi connectivity index (χ1v) is 12.0. The third kappa shape index (κ3) is 4.06. The highest BCUT2D eigenvalue weighted by Crippen LogP contribution is 2.49. The molecular formula is C28H24Cl2N2O2. The number of halogens is 2. The Balaban J connectivity index is 1.79. The Morgan fingerprint density at radius 3 is 2.41 bits per heavy atom. The van der Waals surface area contributed by atoms with Gasteiger partial charge in [-0.15, -0.1) is 0 Å². The summed E-state index contributed by atoms with van der Waals surface area (Å²) in [6, 6.07) is 21.2. The van der Waals surface area contributed by atoms with Gasteiger partial charge in [-0.2, -0.15) is 0 Å². The Morgan fingerprint density at radius 1 is 0.971 bits per heavy atom. The number of Topliss-reactive ketones (excluding diaryl/α,β-unsaturated/α-hetero) is 1. The van der Waals surface area contributed by atoms with Crippen molar-refractivity contribution in [3.63, 3.8) is 0 Å². The van der Waals surface area contributed by atoms with Gasteiger partial charge in [-0.05, 0) is 53.8 Å². The Labute approximate surface area is 209 Å². The van der Waals surface area contributed by atoms with Crippen LogP contribution in [0.25, 0.3) is 0 Å². The van der Waals surface area contributed by atoms with Gasteiger partial charge >= 0.3 is 0 Å². The van der Waals surface area contributed by atoms with E-state index in [1.54, 1.807) is 29.2 Å². The van der Waals surface area contributed by atoms with E-state index >= 15 is 0 Å². The predicted octanol–water partition coefficient (Wildman–Crippen LogP) is 7.47. The highest BCUT2D eigenvalue weighted by molar-refractivity contribution is 6.35. The van der Waals surface area contributed by atoms with Crippen LogP contribution < -0.4 is 4.90 Å². The standard InChI is InChI=1S/C28H24Cl2N2O2/c1-28(2)15-22-25(24(33)16-28)26(19-13-12-18(29)14-20(19)30)32(23-11-7-6-10-21(23)31-22)27(34)17-8-4-3-5-9-17/h3-14,25-26H,15-16H2,1-2H3. The number of rotatable bonds is 2. The van der Waals surface area contributed by atoms with E-state index in [9.17, 15) is 9.59 Å². The minimum atomic E-state index is -0.650. The van der Waals surface area contributed by atoms with Crippen molar-refractivity contribution in [1.29, 1.82) is 0 Å². The number of hydrogen-bond donors (Lipinski definition) is 0. The molecule has 2 unspecified atom stereocenters. The summed E-state index contributed by atoms with van der Waals surface area (Å²) >= 11 is 12.9. The number of nitrogens with zero attached hydrogens (tertiary/aromatic N) is 2. The smallest absolute Gasteiger partial charge is 0.258 e. The minimum Gasteiger partial charge on any atom is -0.299 e. The van der Waals surface area contributed by atoms with Gasteiger partial charge in [0.05, 0.1) is 23.3 Å². The van der Waals surface area contributed by atoms with Crippen LogP contribution in [0.5, 0.6) is 0 Å². The Hall–Kier alpha value is -2.95. The molecule has 0 bridgehead atoms. The number of anilines is 1. The largest absolute Gasteiger partial charge is 0.299 e. The molecule has 0 aromatic heterocycles. The molecule has 1 saturated carbocycles. The zero-order valence-corrected chi connectivity index (χ0v) is 20.5. The summed E-state index contributed by atoms with van der Waals surface area (Å²) in [6.45, 7) is 4.16. The van der Waals surface area contributed by atoms with Crippen LogP contribution >= 0.6 is 23.2 Å². The molecule has 3 aromatic carbocycles. The normalized spacial score (nSPS) is 21.2. The van der Waals surface area contributed by atoms with Crippen LogP contribution in [-0.2, 0) is 4.79 Å². The molecule has 1 aliphatic heterocycles. The molecular weight excluding hydrogens is 467 g/mol. The quantitative estimate of drug-likeness (QED) is 0.373. The zero-order valence-electron chi connectivity index (χ0n) is 19.0. The van der Waals surface area contributed by atoms with Gasteiger partial charge in [0.2, 0.25) is 0 Å². The molecule has 1 fully saturated rings. The average molecular weight is 491 g/mol. The summed E-state index contributed by atoms with van der Waals surface area (Å²) < 4.78 is 0. The Morgan fingerprint density at radius 2 is 1.68 bits per heavy atom. The van der Waals surface area contributed by atoms with Crippen molar-refractivity contribution in [3.8, 4) is 0 Å². The SMILES string of the molecule is CC1(C)CC(=O)C2C(=Nc3ccccc3N(C(=O)c3ccccc3)C2c2ccc(Cl)cc2Cl)C1. The van der Waals surface area contributed by atoms with Crippen LogP contribution in [0.4, 0.5) is 11.4 Å². The van der Waals surface area contributed by atoms with Crippen molar-refractivity contribution in [1.82, 2.24) is 0 Å². The predicted molar refractivity (Wildman–Crippen MR) is 138 cm³/mol. The average Bonchev–Trinajstić information content (AvgIpc) is 2.92. The number of amides is 1. The molecule has 0 radical (unpaired) electrons. The molecule has 6 heteroatoms. The molecule has 0 N–H and O–H groups in total. The van der Waals surface area contributed by atoms with Crippen molar-refractivity contribution in [2.24, 2.45) is 16.3 Å². The summed E-state index contributed by atoms with van der Waals surface area (Å²) in [5.41, 5.74) is 3.10. The van der Waals surface area contributed by atoms with E-state index in [4.69, 9.17) is 28.2 Å². The van der Waals surface area contributed by atoms with E-state index in [0.29, 0.717) is 45.4 Å². The molecule has 34 heavy (non-hydrogen) atoms. The number of fused-ring (bicyclic) bond motifs is 2. The van der Waals surface area contributed by atoms with E-state index in [1.807, 2.05) is 48.5 Å². The summed E-state index contributed by atoms with van der Waals surface area (Å²) in [6.07, 6.45) is 1.06.